The molecule has 9 heteroatoms. The van der Waals surface area contributed by atoms with Crippen LogP contribution in [0, 0.1) is 17.0 Å². The lowest BCUT2D eigenvalue weighted by molar-refractivity contribution is -0.384. The first-order valence-electron chi connectivity index (χ1n) is 8.07. The van der Waals surface area contributed by atoms with Crippen molar-refractivity contribution in [1.29, 1.82) is 0 Å². The molecule has 27 heavy (non-hydrogen) atoms. The Hall–Kier alpha value is -3.75. The van der Waals surface area contributed by atoms with Gasteiger partial charge < -0.3 is 15.1 Å². The van der Waals surface area contributed by atoms with E-state index in [1.165, 1.54) is 25.1 Å². The summed E-state index contributed by atoms with van der Waals surface area (Å²) in [6.07, 6.45) is 0. The van der Waals surface area contributed by atoms with E-state index in [1.807, 2.05) is 0 Å². The van der Waals surface area contributed by atoms with Crippen LogP contribution in [0.3, 0.4) is 0 Å². The average molecular weight is 368 g/mol. The summed E-state index contributed by atoms with van der Waals surface area (Å²) in [7, 11) is 0. The maximum Gasteiger partial charge on any atom is 0.270 e. The standard InChI is InChI=1S/C18H16N4O5/c1-10(19-18(24)12-4-3-5-14(8-12)22(25)26)17(23)21-13-6-7-16-15(9-13)20-11(2)27-16/h3-10H,1-2H3,(H,19,24)(H,21,23)/t10-/m0/s1. The first-order chi connectivity index (χ1) is 12.8. The van der Waals surface area contributed by atoms with Crippen molar-refractivity contribution in [1.82, 2.24) is 10.3 Å². The molecule has 0 bridgehead atoms. The Morgan fingerprint density at radius 1 is 1.22 bits per heavy atom. The van der Waals surface area contributed by atoms with Gasteiger partial charge in [0.25, 0.3) is 11.6 Å². The second-order valence-electron chi connectivity index (χ2n) is 5.91. The molecule has 1 aromatic heterocycles. The van der Waals surface area contributed by atoms with E-state index in [0.29, 0.717) is 22.7 Å². The summed E-state index contributed by atoms with van der Waals surface area (Å²) in [5, 5.41) is 16.0. The maximum atomic E-state index is 12.3. The third-order valence-electron chi connectivity index (χ3n) is 3.82. The highest BCUT2D eigenvalue weighted by molar-refractivity contribution is 6.01. The number of hydrogen-bond donors (Lipinski definition) is 2. The highest BCUT2D eigenvalue weighted by Crippen LogP contribution is 2.20. The summed E-state index contributed by atoms with van der Waals surface area (Å²) in [4.78, 5) is 39.0. The van der Waals surface area contributed by atoms with Gasteiger partial charge in [0.2, 0.25) is 5.91 Å². The fraction of sp³-hybridized carbons (Fsp3) is 0.167. The van der Waals surface area contributed by atoms with Crippen LogP contribution in [-0.2, 0) is 4.79 Å². The topological polar surface area (TPSA) is 127 Å². The number of carbonyl (C=O) groups excluding carboxylic acids is 2. The maximum absolute atomic E-state index is 12.3. The van der Waals surface area contributed by atoms with Crippen molar-refractivity contribution in [3.63, 3.8) is 0 Å². The van der Waals surface area contributed by atoms with Crippen LogP contribution in [0.1, 0.15) is 23.2 Å². The predicted octanol–water partition coefficient (Wildman–Crippen LogP) is 2.80. The van der Waals surface area contributed by atoms with Gasteiger partial charge in [0.15, 0.2) is 11.5 Å². The van der Waals surface area contributed by atoms with Crippen LogP contribution in [0.25, 0.3) is 11.1 Å². The molecule has 0 aliphatic carbocycles. The predicted molar refractivity (Wildman–Crippen MR) is 97.4 cm³/mol. The Kier molecular flexibility index (Phi) is 4.84. The van der Waals surface area contributed by atoms with Crippen LogP contribution in [0.2, 0.25) is 0 Å². The van der Waals surface area contributed by atoms with Gasteiger partial charge in [-0.05, 0) is 31.2 Å². The highest BCUT2D eigenvalue weighted by Gasteiger charge is 2.18. The summed E-state index contributed by atoms with van der Waals surface area (Å²) in [5.74, 6) is -0.497. The summed E-state index contributed by atoms with van der Waals surface area (Å²) >= 11 is 0. The number of amides is 2. The van der Waals surface area contributed by atoms with Gasteiger partial charge in [0.1, 0.15) is 11.6 Å². The van der Waals surface area contributed by atoms with E-state index < -0.39 is 22.8 Å². The normalized spacial score (nSPS) is 11.8. The number of benzene rings is 2. The van der Waals surface area contributed by atoms with Crippen LogP contribution in [-0.4, -0.2) is 27.8 Å². The smallest absolute Gasteiger partial charge is 0.270 e. The largest absolute Gasteiger partial charge is 0.441 e. The summed E-state index contributed by atoms with van der Waals surface area (Å²) in [6.45, 7) is 3.24. The van der Waals surface area contributed by atoms with Crippen molar-refractivity contribution in [2.45, 2.75) is 19.9 Å². The Morgan fingerprint density at radius 2 is 2.00 bits per heavy atom. The van der Waals surface area contributed by atoms with Gasteiger partial charge in [0, 0.05) is 30.3 Å². The Labute approximate surface area is 153 Å². The Bertz CT molecular complexity index is 1040. The number of carbonyl (C=O) groups is 2. The third-order valence-corrected chi connectivity index (χ3v) is 3.82. The number of aryl methyl sites for hydroxylation is 1. The number of rotatable bonds is 5. The van der Waals surface area contributed by atoms with Gasteiger partial charge in [0.05, 0.1) is 4.92 Å². The molecule has 0 saturated carbocycles. The lowest BCUT2D eigenvalue weighted by atomic mass is 10.1. The van der Waals surface area contributed by atoms with E-state index in [4.69, 9.17) is 4.42 Å². The molecular weight excluding hydrogens is 352 g/mol. The molecule has 1 heterocycles. The van der Waals surface area contributed by atoms with E-state index in [9.17, 15) is 19.7 Å². The number of non-ortho nitro benzene ring substituents is 1. The minimum Gasteiger partial charge on any atom is -0.441 e. The number of nitrogens with one attached hydrogen (secondary N) is 2. The van der Waals surface area contributed by atoms with Crippen molar-refractivity contribution in [3.8, 4) is 0 Å². The molecule has 0 saturated heterocycles. The minimum atomic E-state index is -0.855. The molecule has 0 aliphatic heterocycles. The SMILES string of the molecule is Cc1nc2cc(NC(=O)[C@H](C)NC(=O)c3cccc([N+](=O)[O-])c3)ccc2o1. The van der Waals surface area contributed by atoms with E-state index in [1.54, 1.807) is 25.1 Å². The molecule has 0 unspecified atom stereocenters. The molecule has 9 nitrogen and oxygen atoms in total. The summed E-state index contributed by atoms with van der Waals surface area (Å²) in [6, 6.07) is 9.46. The number of anilines is 1. The Balaban J connectivity index is 1.66. The van der Waals surface area contributed by atoms with Crippen LogP contribution >= 0.6 is 0 Å². The van der Waals surface area contributed by atoms with Gasteiger partial charge in [-0.3, -0.25) is 19.7 Å². The molecule has 3 rings (SSSR count). The molecule has 0 aliphatic rings. The lowest BCUT2D eigenvalue weighted by Crippen LogP contribution is -2.41. The van der Waals surface area contributed by atoms with Gasteiger partial charge in [-0.2, -0.15) is 0 Å². The molecule has 2 aromatic carbocycles. The second-order valence-corrected chi connectivity index (χ2v) is 5.91. The lowest BCUT2D eigenvalue weighted by Gasteiger charge is -2.14. The zero-order valence-electron chi connectivity index (χ0n) is 14.6. The van der Waals surface area contributed by atoms with E-state index in [0.717, 1.165) is 6.07 Å². The van der Waals surface area contributed by atoms with Crippen LogP contribution in [0.15, 0.2) is 46.9 Å². The Morgan fingerprint density at radius 3 is 2.74 bits per heavy atom. The number of nitro groups is 1. The molecule has 138 valence electrons. The van der Waals surface area contributed by atoms with Crippen molar-refractivity contribution in [2.75, 3.05) is 5.32 Å². The zero-order valence-corrected chi connectivity index (χ0v) is 14.6. The molecule has 0 fully saturated rings. The van der Waals surface area contributed by atoms with Crippen molar-refractivity contribution >= 4 is 34.3 Å². The fourth-order valence-corrected chi connectivity index (χ4v) is 2.48. The first-order valence-corrected chi connectivity index (χ1v) is 8.07. The molecular formula is C18H16N4O5. The van der Waals surface area contributed by atoms with Crippen molar-refractivity contribution < 1.29 is 18.9 Å². The second kappa shape index (κ2) is 7.24. The van der Waals surface area contributed by atoms with E-state index in [-0.39, 0.29) is 11.3 Å². The molecule has 2 amide bonds. The number of oxazole rings is 1. The highest BCUT2D eigenvalue weighted by atomic mass is 16.6. The van der Waals surface area contributed by atoms with Gasteiger partial charge >= 0.3 is 0 Å². The summed E-state index contributed by atoms with van der Waals surface area (Å²) in [5.41, 5.74) is 1.63. The summed E-state index contributed by atoms with van der Waals surface area (Å²) < 4.78 is 5.37. The zero-order chi connectivity index (χ0) is 19.6. The van der Waals surface area contributed by atoms with Crippen molar-refractivity contribution in [2.24, 2.45) is 0 Å². The van der Waals surface area contributed by atoms with Gasteiger partial charge in [-0.15, -0.1) is 0 Å². The number of fused-ring (bicyclic) bond motifs is 1. The minimum absolute atomic E-state index is 0.100. The van der Waals surface area contributed by atoms with Crippen molar-refractivity contribution in [3.05, 3.63) is 64.0 Å². The van der Waals surface area contributed by atoms with Crippen LogP contribution in [0.5, 0.6) is 0 Å². The molecule has 0 radical (unpaired) electrons. The van der Waals surface area contributed by atoms with E-state index in [2.05, 4.69) is 15.6 Å². The molecule has 3 aromatic rings. The number of hydrogen-bond acceptors (Lipinski definition) is 6. The van der Waals surface area contributed by atoms with E-state index >= 15 is 0 Å². The third kappa shape index (κ3) is 4.09. The number of nitrogens with zero attached hydrogens (tertiary/aromatic N) is 2. The number of aromatic nitrogens is 1. The average Bonchev–Trinajstić information content (AvgIpc) is 3.00. The monoisotopic (exact) mass is 368 g/mol. The van der Waals surface area contributed by atoms with Crippen LogP contribution in [0.4, 0.5) is 11.4 Å². The number of nitro benzene ring substituents is 1. The molecule has 1 atom stereocenters. The van der Waals surface area contributed by atoms with Gasteiger partial charge in [-0.1, -0.05) is 6.07 Å². The van der Waals surface area contributed by atoms with Gasteiger partial charge in [-0.25, -0.2) is 4.98 Å². The quantitative estimate of drug-likeness (QED) is 0.526. The first kappa shape index (κ1) is 18.1. The molecule has 0 spiro atoms. The fourth-order valence-electron chi connectivity index (χ4n) is 2.48. The van der Waals surface area contributed by atoms with Crippen LogP contribution < -0.4 is 10.6 Å². The molecule has 2 N–H and O–H groups in total.